The molecule has 2 aliphatic heterocycles. The highest BCUT2D eigenvalue weighted by atomic mass is 35.5. The van der Waals surface area contributed by atoms with E-state index in [4.69, 9.17) is 21.1 Å². The number of fused-ring (bicyclic) bond motifs is 1. The van der Waals surface area contributed by atoms with Crippen LogP contribution in [0.25, 0.3) is 22.0 Å². The van der Waals surface area contributed by atoms with Gasteiger partial charge in [0, 0.05) is 44.1 Å². The molecule has 1 atom stereocenters. The maximum atomic E-state index is 12.5. The highest BCUT2D eigenvalue weighted by molar-refractivity contribution is 6.35. The van der Waals surface area contributed by atoms with Crippen LogP contribution in [-0.2, 0) is 9.53 Å². The molecule has 2 aliphatic rings. The number of ether oxygens (including phenoxy) is 2. The van der Waals surface area contributed by atoms with Crippen LogP contribution < -0.4 is 4.74 Å². The van der Waals surface area contributed by atoms with Crippen LogP contribution in [0.5, 0.6) is 5.75 Å². The van der Waals surface area contributed by atoms with E-state index in [9.17, 15) is 4.79 Å². The highest BCUT2D eigenvalue weighted by Gasteiger charge is 2.31. The summed E-state index contributed by atoms with van der Waals surface area (Å²) in [4.78, 5) is 18.8. The van der Waals surface area contributed by atoms with Crippen LogP contribution in [0.1, 0.15) is 25.7 Å². The van der Waals surface area contributed by atoms with Crippen molar-refractivity contribution < 1.29 is 14.3 Å². The summed E-state index contributed by atoms with van der Waals surface area (Å²) >= 11 is 6.24. The monoisotopic (exact) mass is 436 g/mol. The van der Waals surface area contributed by atoms with E-state index in [0.29, 0.717) is 11.6 Å². The first kappa shape index (κ1) is 20.3. The maximum absolute atomic E-state index is 12.5. The second-order valence-electron chi connectivity index (χ2n) is 8.19. The molecule has 1 aromatic heterocycles. The van der Waals surface area contributed by atoms with Crippen LogP contribution in [-0.4, -0.2) is 47.7 Å². The number of piperidine rings is 1. The van der Waals surface area contributed by atoms with Crippen molar-refractivity contribution in [3.8, 4) is 16.9 Å². The maximum Gasteiger partial charge on any atom is 0.251 e. The molecule has 6 heteroatoms. The second-order valence-corrected chi connectivity index (χ2v) is 8.60. The van der Waals surface area contributed by atoms with Gasteiger partial charge in [0.15, 0.2) is 0 Å². The van der Waals surface area contributed by atoms with E-state index in [0.717, 1.165) is 66.6 Å². The summed E-state index contributed by atoms with van der Waals surface area (Å²) in [7, 11) is 0. The Morgan fingerprint density at radius 1 is 1.03 bits per heavy atom. The molecular formula is C25H25ClN2O3. The molecule has 31 heavy (non-hydrogen) atoms. The Balaban J connectivity index is 1.20. The van der Waals surface area contributed by atoms with E-state index in [2.05, 4.69) is 29.2 Å². The van der Waals surface area contributed by atoms with E-state index in [1.807, 2.05) is 23.1 Å². The minimum absolute atomic E-state index is 0.131. The van der Waals surface area contributed by atoms with Gasteiger partial charge in [-0.05, 0) is 48.2 Å². The molecule has 0 N–H and O–H groups in total. The number of pyridine rings is 1. The van der Waals surface area contributed by atoms with Crippen molar-refractivity contribution >= 4 is 28.4 Å². The molecule has 1 amide bonds. The molecule has 2 aromatic carbocycles. The molecular weight excluding hydrogens is 412 g/mol. The Bertz CT molecular complexity index is 1070. The van der Waals surface area contributed by atoms with Gasteiger partial charge in [-0.2, -0.15) is 0 Å². The number of carbonyl (C=O) groups excluding carboxylic acids is 1. The zero-order chi connectivity index (χ0) is 21.2. The van der Waals surface area contributed by atoms with E-state index >= 15 is 0 Å². The fourth-order valence-corrected chi connectivity index (χ4v) is 4.60. The van der Waals surface area contributed by atoms with Crippen molar-refractivity contribution in [1.82, 2.24) is 9.88 Å². The molecule has 0 spiro atoms. The summed E-state index contributed by atoms with van der Waals surface area (Å²) in [5, 5.41) is 1.67. The van der Waals surface area contributed by atoms with Crippen molar-refractivity contribution in [2.45, 2.75) is 37.9 Å². The number of halogens is 1. The number of aromatic nitrogens is 1. The van der Waals surface area contributed by atoms with Gasteiger partial charge in [0.25, 0.3) is 5.91 Å². The number of likely N-dealkylation sites (tertiary alicyclic amines) is 1. The first-order chi connectivity index (χ1) is 15.2. The molecule has 2 saturated heterocycles. The normalized spacial score (nSPS) is 19.6. The third-order valence-corrected chi connectivity index (χ3v) is 6.47. The van der Waals surface area contributed by atoms with Gasteiger partial charge in [0.05, 0.1) is 10.5 Å². The van der Waals surface area contributed by atoms with Gasteiger partial charge in [-0.25, -0.2) is 0 Å². The van der Waals surface area contributed by atoms with Gasteiger partial charge < -0.3 is 14.4 Å². The molecule has 0 aliphatic carbocycles. The molecule has 3 aromatic rings. The standard InChI is InChI=1S/C25H25ClN2O3/c26-22-9-12-27-23-16-18(5-8-21(22)23)17-3-6-19(7-4-17)31-20-10-13-28(14-11-20)25(29)24-2-1-15-30-24/h3-9,12,16,20,24H,1-2,10-11,13-15H2. The number of carbonyl (C=O) groups is 1. The zero-order valence-electron chi connectivity index (χ0n) is 17.3. The number of hydrogen-bond acceptors (Lipinski definition) is 4. The third kappa shape index (κ3) is 4.39. The Hall–Kier alpha value is -2.63. The quantitative estimate of drug-likeness (QED) is 0.570. The molecule has 0 bridgehead atoms. The lowest BCUT2D eigenvalue weighted by molar-refractivity contribution is -0.142. The predicted molar refractivity (Wildman–Crippen MR) is 121 cm³/mol. The van der Waals surface area contributed by atoms with Crippen molar-refractivity contribution in [2.24, 2.45) is 0 Å². The van der Waals surface area contributed by atoms with E-state index in [1.54, 1.807) is 12.3 Å². The summed E-state index contributed by atoms with van der Waals surface area (Å²) in [5.41, 5.74) is 3.08. The minimum Gasteiger partial charge on any atom is -0.490 e. The van der Waals surface area contributed by atoms with Crippen molar-refractivity contribution in [2.75, 3.05) is 19.7 Å². The summed E-state index contributed by atoms with van der Waals surface area (Å²) in [6.45, 7) is 2.16. The lowest BCUT2D eigenvalue weighted by atomic mass is 10.0. The summed E-state index contributed by atoms with van der Waals surface area (Å²) < 4.78 is 11.7. The van der Waals surface area contributed by atoms with E-state index in [-0.39, 0.29) is 18.1 Å². The van der Waals surface area contributed by atoms with Crippen molar-refractivity contribution in [3.05, 3.63) is 59.8 Å². The average molecular weight is 437 g/mol. The molecule has 3 heterocycles. The summed E-state index contributed by atoms with van der Waals surface area (Å²) in [5.74, 6) is 1.00. The Morgan fingerprint density at radius 2 is 1.81 bits per heavy atom. The van der Waals surface area contributed by atoms with Gasteiger partial charge in [0.2, 0.25) is 0 Å². The number of rotatable bonds is 4. The molecule has 0 radical (unpaired) electrons. The van der Waals surface area contributed by atoms with Gasteiger partial charge in [-0.3, -0.25) is 9.78 Å². The molecule has 0 saturated carbocycles. The van der Waals surface area contributed by atoms with Crippen molar-refractivity contribution in [3.63, 3.8) is 0 Å². The lowest BCUT2D eigenvalue weighted by Gasteiger charge is -2.33. The molecule has 5 rings (SSSR count). The van der Waals surface area contributed by atoms with Crippen LogP contribution in [0, 0.1) is 0 Å². The number of nitrogens with zero attached hydrogens (tertiary/aromatic N) is 2. The lowest BCUT2D eigenvalue weighted by Crippen LogP contribution is -2.45. The van der Waals surface area contributed by atoms with Crippen LogP contribution >= 0.6 is 11.6 Å². The average Bonchev–Trinajstić information content (AvgIpc) is 3.35. The minimum atomic E-state index is -0.230. The molecule has 5 nitrogen and oxygen atoms in total. The van der Waals surface area contributed by atoms with E-state index < -0.39 is 0 Å². The number of hydrogen-bond donors (Lipinski definition) is 0. The van der Waals surface area contributed by atoms with Gasteiger partial charge in [0.1, 0.15) is 18.0 Å². The predicted octanol–water partition coefficient (Wildman–Crippen LogP) is 5.10. The fraction of sp³-hybridized carbons (Fsp3) is 0.360. The fourth-order valence-electron chi connectivity index (χ4n) is 4.38. The van der Waals surface area contributed by atoms with Gasteiger partial charge in [-0.15, -0.1) is 0 Å². The van der Waals surface area contributed by atoms with Crippen LogP contribution in [0.3, 0.4) is 0 Å². The first-order valence-electron chi connectivity index (χ1n) is 10.9. The smallest absolute Gasteiger partial charge is 0.251 e. The Morgan fingerprint density at radius 3 is 2.55 bits per heavy atom. The van der Waals surface area contributed by atoms with Gasteiger partial charge in [-0.1, -0.05) is 35.9 Å². The van der Waals surface area contributed by atoms with Crippen LogP contribution in [0.2, 0.25) is 5.02 Å². The van der Waals surface area contributed by atoms with Gasteiger partial charge >= 0.3 is 0 Å². The largest absolute Gasteiger partial charge is 0.490 e. The van der Waals surface area contributed by atoms with Crippen molar-refractivity contribution in [1.29, 1.82) is 0 Å². The third-order valence-electron chi connectivity index (χ3n) is 6.14. The second kappa shape index (κ2) is 8.85. The first-order valence-corrected chi connectivity index (χ1v) is 11.3. The van der Waals surface area contributed by atoms with Crippen LogP contribution in [0.15, 0.2) is 54.7 Å². The molecule has 1 unspecified atom stereocenters. The van der Waals surface area contributed by atoms with E-state index in [1.165, 1.54) is 0 Å². The van der Waals surface area contributed by atoms with Crippen LogP contribution in [0.4, 0.5) is 0 Å². The molecule has 2 fully saturated rings. The zero-order valence-corrected chi connectivity index (χ0v) is 18.1. The summed E-state index contributed by atoms with van der Waals surface area (Å²) in [6.07, 6.45) is 5.15. The molecule has 160 valence electrons. The number of amides is 1. The summed E-state index contributed by atoms with van der Waals surface area (Å²) in [6, 6.07) is 16.1. The SMILES string of the molecule is O=C(C1CCCO1)N1CCC(Oc2ccc(-c3ccc4c(Cl)ccnc4c3)cc2)CC1. The topological polar surface area (TPSA) is 51.7 Å². The number of benzene rings is 2. The highest BCUT2D eigenvalue weighted by Crippen LogP contribution is 2.29. The Kier molecular flexibility index (Phi) is 5.79. The Labute approximate surface area is 186 Å².